The van der Waals surface area contributed by atoms with E-state index >= 15 is 0 Å². The van der Waals surface area contributed by atoms with Crippen LogP contribution >= 0.6 is 0 Å². The predicted octanol–water partition coefficient (Wildman–Crippen LogP) is -0.206. The van der Waals surface area contributed by atoms with E-state index in [9.17, 15) is 4.79 Å². The van der Waals surface area contributed by atoms with E-state index in [1.54, 1.807) is 0 Å². The van der Waals surface area contributed by atoms with Gasteiger partial charge < -0.3 is 5.11 Å². The summed E-state index contributed by atoms with van der Waals surface area (Å²) in [5.41, 5.74) is -0.0301. The Morgan fingerprint density at radius 2 is 2.20 bits per heavy atom. The van der Waals surface area contributed by atoms with Gasteiger partial charge in [0, 0.05) is 31.3 Å². The van der Waals surface area contributed by atoms with Crippen LogP contribution in [-0.2, 0) is 0 Å². The van der Waals surface area contributed by atoms with Crippen molar-refractivity contribution in [3.05, 3.63) is 24.3 Å². The third kappa shape index (κ3) is 2.17. The summed E-state index contributed by atoms with van der Waals surface area (Å²) in [6, 6.07) is 0. The fourth-order valence-electron chi connectivity index (χ4n) is 0.410. The fraction of sp³-hybridized carbons (Fsp3) is 0. The number of hydrogen-bond donors (Lipinski definition) is 1. The zero-order valence-electron chi connectivity index (χ0n) is 5.48. The Morgan fingerprint density at radius 1 is 1.50 bits per heavy atom. The number of aromatic carboxylic acids is 1. The molecule has 5 heteroatoms. The summed E-state index contributed by atoms with van der Waals surface area (Å²) in [5, 5.41) is 8.28. The third-order valence-corrected chi connectivity index (χ3v) is 0.782. The van der Waals surface area contributed by atoms with Gasteiger partial charge in [-0.3, -0.25) is 4.98 Å². The van der Waals surface area contributed by atoms with Crippen molar-refractivity contribution in [1.82, 2.24) is 9.97 Å². The second-order valence-electron chi connectivity index (χ2n) is 1.40. The molecule has 0 aliphatic rings. The molecule has 10 heavy (non-hydrogen) atoms. The van der Waals surface area contributed by atoms with E-state index < -0.39 is 5.97 Å². The molecule has 0 bridgehead atoms. The first-order valence-corrected chi connectivity index (χ1v) is 2.30. The molecule has 0 aliphatic carbocycles. The van der Waals surface area contributed by atoms with Gasteiger partial charge in [-0.25, -0.2) is 9.78 Å². The Kier molecular flexibility index (Phi) is 3.70. The van der Waals surface area contributed by atoms with Gasteiger partial charge in [0.1, 0.15) is 0 Å². The number of carboxylic acid groups (broad SMARTS) is 1. The van der Waals surface area contributed by atoms with Crippen molar-refractivity contribution in [2.45, 2.75) is 0 Å². The molecule has 0 unspecified atom stereocenters. The molecule has 0 amide bonds. The molecule has 1 heterocycles. The minimum atomic E-state index is -1.05. The molecule has 1 aromatic heterocycles. The maximum atomic E-state index is 10.1. The number of carbonyl (C=O) groups is 1. The van der Waals surface area contributed by atoms with E-state index in [1.165, 1.54) is 18.6 Å². The van der Waals surface area contributed by atoms with Gasteiger partial charge >= 0.3 is 5.97 Å². The number of nitrogens with zero attached hydrogens (tertiary/aromatic N) is 2. The van der Waals surface area contributed by atoms with Crippen LogP contribution in [0.5, 0.6) is 0 Å². The summed E-state index contributed by atoms with van der Waals surface area (Å²) in [6.45, 7) is 0. The first-order chi connectivity index (χ1) is 4.30. The van der Waals surface area contributed by atoms with Crippen LogP contribution in [0.3, 0.4) is 0 Å². The molecule has 1 aromatic rings. The van der Waals surface area contributed by atoms with E-state index in [4.69, 9.17) is 5.11 Å². The summed E-state index contributed by atoms with van der Waals surface area (Å²) in [6.07, 6.45) is 3.96. The quantitative estimate of drug-likeness (QED) is 0.536. The van der Waals surface area contributed by atoms with Crippen LogP contribution in [0.25, 0.3) is 0 Å². The largest absolute Gasteiger partial charge is 0.476 e. The molecule has 0 spiro atoms. The maximum absolute atomic E-state index is 10.1. The monoisotopic (exact) mass is 131 g/mol. The van der Waals surface area contributed by atoms with E-state index in [0.717, 1.165) is 0 Å². The average Bonchev–Trinajstić information content (AvgIpc) is 1.90. The number of rotatable bonds is 1. The molecule has 1 N–H and O–H groups in total. The minimum Gasteiger partial charge on any atom is -0.476 e. The number of hydrogen-bond acceptors (Lipinski definition) is 3. The molecule has 1 rings (SSSR count). The molecule has 0 saturated carbocycles. The summed E-state index contributed by atoms with van der Waals surface area (Å²) < 4.78 is 0. The van der Waals surface area contributed by atoms with Gasteiger partial charge in [0.25, 0.3) is 0 Å². The summed E-state index contributed by atoms with van der Waals surface area (Å²) in [5.74, 6) is -1.05. The number of aromatic nitrogens is 2. The van der Waals surface area contributed by atoms with Gasteiger partial charge in [0.2, 0.25) is 0 Å². The van der Waals surface area contributed by atoms with Crippen molar-refractivity contribution >= 4 is 24.8 Å². The second kappa shape index (κ2) is 4.04. The molecule has 0 atom stereocenters. The molecule has 0 aliphatic heterocycles. The van der Waals surface area contributed by atoms with Crippen molar-refractivity contribution in [3.8, 4) is 0 Å². The van der Waals surface area contributed by atoms with Crippen LogP contribution in [-0.4, -0.2) is 39.9 Å². The van der Waals surface area contributed by atoms with E-state index in [1.807, 2.05) is 0 Å². The van der Waals surface area contributed by atoms with E-state index in [2.05, 4.69) is 9.97 Å². The minimum absolute atomic E-state index is 0. The van der Waals surface area contributed by atoms with Crippen LogP contribution in [0, 0.1) is 0 Å². The van der Waals surface area contributed by atoms with E-state index in [0.29, 0.717) is 0 Å². The topological polar surface area (TPSA) is 63.1 Å². The Labute approximate surface area is 69.5 Å². The summed E-state index contributed by atoms with van der Waals surface area (Å²) in [7, 11) is 0. The molecule has 0 fully saturated rings. The van der Waals surface area contributed by atoms with Gasteiger partial charge in [0.15, 0.2) is 5.69 Å². The van der Waals surface area contributed by atoms with Crippen molar-refractivity contribution in [1.29, 1.82) is 0 Å². The van der Waals surface area contributed by atoms with Crippen LogP contribution in [0.4, 0.5) is 0 Å². The van der Waals surface area contributed by atoms with Crippen LogP contribution in [0.15, 0.2) is 18.6 Å². The SMILES string of the molecule is O=C(O)c1cnccn1.[Li]. The first-order valence-electron chi connectivity index (χ1n) is 2.30. The third-order valence-electron chi connectivity index (χ3n) is 0.782. The molecule has 4 nitrogen and oxygen atoms in total. The summed E-state index contributed by atoms with van der Waals surface area (Å²) in [4.78, 5) is 17.2. The predicted molar refractivity (Wildman–Crippen MR) is 34.7 cm³/mol. The molecule has 1 radical (unpaired) electrons. The van der Waals surface area contributed by atoms with Crippen LogP contribution < -0.4 is 0 Å². The Balaban J connectivity index is 0.000000810. The summed E-state index contributed by atoms with van der Waals surface area (Å²) >= 11 is 0. The zero-order chi connectivity index (χ0) is 6.69. The van der Waals surface area contributed by atoms with Crippen LogP contribution in [0.2, 0.25) is 0 Å². The van der Waals surface area contributed by atoms with Gasteiger partial charge in [-0.15, -0.1) is 0 Å². The maximum Gasteiger partial charge on any atom is 0.356 e. The van der Waals surface area contributed by atoms with Crippen LogP contribution in [0.1, 0.15) is 10.5 Å². The second-order valence-corrected chi connectivity index (χ2v) is 1.40. The van der Waals surface area contributed by atoms with Crippen molar-refractivity contribution in [2.24, 2.45) is 0 Å². The molecular formula is C5H4LiN2O2. The molecule has 0 saturated heterocycles. The molecular weight excluding hydrogens is 127 g/mol. The number of carboxylic acids is 1. The smallest absolute Gasteiger partial charge is 0.356 e. The fourth-order valence-corrected chi connectivity index (χ4v) is 0.410. The first kappa shape index (κ1) is 9.15. The van der Waals surface area contributed by atoms with E-state index in [-0.39, 0.29) is 24.6 Å². The van der Waals surface area contributed by atoms with Gasteiger partial charge in [-0.1, -0.05) is 0 Å². The van der Waals surface area contributed by atoms with Gasteiger partial charge in [0.05, 0.1) is 6.20 Å². The normalized spacial score (nSPS) is 8.00. The molecule has 0 aromatic carbocycles. The Morgan fingerprint density at radius 3 is 2.50 bits per heavy atom. The van der Waals surface area contributed by atoms with Crippen molar-refractivity contribution in [3.63, 3.8) is 0 Å². The van der Waals surface area contributed by atoms with Gasteiger partial charge in [-0.05, 0) is 0 Å². The van der Waals surface area contributed by atoms with Gasteiger partial charge in [-0.2, -0.15) is 0 Å². The standard InChI is InChI=1S/C5H4N2O2.Li/c8-5(9)4-3-6-1-2-7-4;/h1-3H,(H,8,9);. The van der Waals surface area contributed by atoms with Crippen molar-refractivity contribution < 1.29 is 9.90 Å². The van der Waals surface area contributed by atoms with Crippen molar-refractivity contribution in [2.75, 3.05) is 0 Å². The molecule has 47 valence electrons. The zero-order valence-corrected chi connectivity index (χ0v) is 5.48. The average molecular weight is 131 g/mol. The Bertz CT molecular complexity index is 214. The Hall–Kier alpha value is -0.853.